The summed E-state index contributed by atoms with van der Waals surface area (Å²) in [5.41, 5.74) is 2.84. The minimum Gasteiger partial charge on any atom is -0.490 e. The summed E-state index contributed by atoms with van der Waals surface area (Å²) in [7, 11) is 0. The molecule has 3 nitrogen and oxygen atoms in total. The fourth-order valence-corrected chi connectivity index (χ4v) is 2.82. The lowest BCUT2D eigenvalue weighted by molar-refractivity contribution is 0.286. The van der Waals surface area contributed by atoms with Crippen LogP contribution in [0.5, 0.6) is 11.5 Å². The Bertz CT molecular complexity index is 716. The fraction of sp³-hybridized carbons (Fsp3) is 0.278. The van der Waals surface area contributed by atoms with Crippen LogP contribution in [0.1, 0.15) is 25.0 Å². The highest BCUT2D eigenvalue weighted by Gasteiger charge is 2.11. The summed E-state index contributed by atoms with van der Waals surface area (Å²) in [6.07, 6.45) is 1.79. The van der Waals surface area contributed by atoms with E-state index in [1.165, 1.54) is 0 Å². The molecule has 2 rings (SSSR count). The number of aryl methyl sites for hydroxylation is 1. The van der Waals surface area contributed by atoms with Crippen molar-refractivity contribution in [3.63, 3.8) is 0 Å². The molecule has 0 saturated heterocycles. The van der Waals surface area contributed by atoms with Crippen LogP contribution in [-0.4, -0.2) is 19.4 Å². The van der Waals surface area contributed by atoms with E-state index in [4.69, 9.17) is 21.1 Å². The van der Waals surface area contributed by atoms with E-state index < -0.39 is 0 Å². The summed E-state index contributed by atoms with van der Waals surface area (Å²) in [4.78, 5) is 4.53. The summed E-state index contributed by atoms with van der Waals surface area (Å²) in [5.74, 6) is 1.42. The lowest BCUT2D eigenvalue weighted by atomic mass is 10.2. The Kier molecular flexibility index (Phi) is 6.48. The molecule has 0 aromatic heterocycles. The first-order valence-electron chi connectivity index (χ1n) is 7.44. The molecule has 2 aromatic rings. The second-order valence-electron chi connectivity index (χ2n) is 4.89. The predicted octanol–water partition coefficient (Wildman–Crippen LogP) is 5.96. The van der Waals surface area contributed by atoms with Crippen molar-refractivity contribution < 1.29 is 9.47 Å². The number of hydrogen-bond donors (Lipinski definition) is 0. The number of halogens is 2. The molecule has 0 radical (unpaired) electrons. The molecular weight excluding hydrogens is 378 g/mol. The van der Waals surface area contributed by atoms with E-state index in [-0.39, 0.29) is 0 Å². The summed E-state index contributed by atoms with van der Waals surface area (Å²) in [6.45, 7) is 7.04. The highest BCUT2D eigenvalue weighted by atomic mass is 79.9. The third-order valence-electron chi connectivity index (χ3n) is 3.14. The molecule has 5 heteroatoms. The van der Waals surface area contributed by atoms with Crippen LogP contribution in [0, 0.1) is 6.92 Å². The standard InChI is InChI=1S/C18H19BrClNO2/c1-4-22-17-9-13(8-15(19)18(17)23-5-2)11-21-16-10-14(20)7-6-12(16)3/h6-11H,4-5H2,1-3H3. The Labute approximate surface area is 150 Å². The van der Waals surface area contributed by atoms with E-state index >= 15 is 0 Å². The number of benzene rings is 2. The first kappa shape index (κ1) is 17.8. The Balaban J connectivity index is 2.36. The monoisotopic (exact) mass is 395 g/mol. The van der Waals surface area contributed by atoms with Crippen LogP contribution < -0.4 is 9.47 Å². The average Bonchev–Trinajstić information content (AvgIpc) is 2.52. The molecule has 0 aliphatic carbocycles. The SMILES string of the molecule is CCOc1cc(C=Nc2cc(Cl)ccc2C)cc(Br)c1OCC. The van der Waals surface area contributed by atoms with Crippen molar-refractivity contribution in [2.24, 2.45) is 4.99 Å². The number of nitrogens with zero attached hydrogens (tertiary/aromatic N) is 1. The van der Waals surface area contributed by atoms with Crippen molar-refractivity contribution in [3.8, 4) is 11.5 Å². The van der Waals surface area contributed by atoms with E-state index in [1.807, 2.05) is 51.1 Å². The van der Waals surface area contributed by atoms with Gasteiger partial charge in [0.1, 0.15) is 0 Å². The maximum Gasteiger partial charge on any atom is 0.175 e. The van der Waals surface area contributed by atoms with Crippen LogP contribution in [0.15, 0.2) is 39.8 Å². The van der Waals surface area contributed by atoms with Gasteiger partial charge in [0.05, 0.1) is 23.4 Å². The van der Waals surface area contributed by atoms with Gasteiger partial charge in [-0.05, 0) is 72.1 Å². The predicted molar refractivity (Wildman–Crippen MR) is 99.9 cm³/mol. The Morgan fingerprint density at radius 2 is 1.87 bits per heavy atom. The summed E-state index contributed by atoms with van der Waals surface area (Å²) in [5, 5.41) is 0.672. The van der Waals surface area contributed by atoms with Gasteiger partial charge in [0, 0.05) is 11.2 Å². The maximum absolute atomic E-state index is 6.03. The lowest BCUT2D eigenvalue weighted by Gasteiger charge is -2.13. The zero-order valence-electron chi connectivity index (χ0n) is 13.4. The van der Waals surface area contributed by atoms with E-state index in [9.17, 15) is 0 Å². The fourth-order valence-electron chi connectivity index (χ4n) is 2.08. The third-order valence-corrected chi connectivity index (χ3v) is 3.97. The van der Waals surface area contributed by atoms with Crippen LogP contribution >= 0.6 is 27.5 Å². The largest absolute Gasteiger partial charge is 0.490 e. The normalized spacial score (nSPS) is 11.0. The van der Waals surface area contributed by atoms with Crippen molar-refractivity contribution >= 4 is 39.4 Å². The Morgan fingerprint density at radius 3 is 2.57 bits per heavy atom. The highest BCUT2D eigenvalue weighted by Crippen LogP contribution is 2.36. The van der Waals surface area contributed by atoms with Crippen LogP contribution in [-0.2, 0) is 0 Å². The van der Waals surface area contributed by atoms with Gasteiger partial charge in [-0.25, -0.2) is 0 Å². The van der Waals surface area contributed by atoms with Gasteiger partial charge >= 0.3 is 0 Å². The number of aliphatic imine (C=N–C) groups is 1. The lowest BCUT2D eigenvalue weighted by Crippen LogP contribution is -2.00. The molecular formula is C18H19BrClNO2. The van der Waals surface area contributed by atoms with Crippen molar-refractivity contribution in [1.29, 1.82) is 0 Å². The molecule has 0 unspecified atom stereocenters. The van der Waals surface area contributed by atoms with Gasteiger partial charge in [-0.15, -0.1) is 0 Å². The third kappa shape index (κ3) is 4.72. The van der Waals surface area contributed by atoms with Crippen molar-refractivity contribution in [1.82, 2.24) is 0 Å². The molecule has 0 aliphatic heterocycles. The van der Waals surface area contributed by atoms with Gasteiger partial charge in [-0.2, -0.15) is 0 Å². The van der Waals surface area contributed by atoms with E-state index in [2.05, 4.69) is 20.9 Å². The zero-order chi connectivity index (χ0) is 16.8. The zero-order valence-corrected chi connectivity index (χ0v) is 15.7. The van der Waals surface area contributed by atoms with Gasteiger partial charge in [-0.1, -0.05) is 17.7 Å². The minimum absolute atomic E-state index is 0.570. The van der Waals surface area contributed by atoms with Crippen LogP contribution in [0.2, 0.25) is 5.02 Å². The highest BCUT2D eigenvalue weighted by molar-refractivity contribution is 9.10. The number of hydrogen-bond acceptors (Lipinski definition) is 3. The van der Waals surface area contributed by atoms with Gasteiger partial charge in [0.25, 0.3) is 0 Å². The maximum atomic E-state index is 6.03. The molecule has 122 valence electrons. The molecule has 0 heterocycles. The molecule has 23 heavy (non-hydrogen) atoms. The van der Waals surface area contributed by atoms with Crippen molar-refractivity contribution in [3.05, 3.63) is 51.0 Å². The summed E-state index contributed by atoms with van der Waals surface area (Å²) in [6, 6.07) is 9.53. The summed E-state index contributed by atoms with van der Waals surface area (Å²) >= 11 is 9.56. The molecule has 0 atom stereocenters. The van der Waals surface area contributed by atoms with Gasteiger partial charge in [0.2, 0.25) is 0 Å². The average molecular weight is 397 g/mol. The molecule has 2 aromatic carbocycles. The Morgan fingerprint density at radius 1 is 1.13 bits per heavy atom. The van der Waals surface area contributed by atoms with E-state index in [1.54, 1.807) is 6.21 Å². The number of ether oxygens (including phenoxy) is 2. The topological polar surface area (TPSA) is 30.8 Å². The van der Waals surface area contributed by atoms with E-state index in [0.29, 0.717) is 29.7 Å². The molecule has 0 N–H and O–H groups in total. The second kappa shape index (κ2) is 8.37. The summed E-state index contributed by atoms with van der Waals surface area (Å²) < 4.78 is 12.1. The number of rotatable bonds is 6. The molecule has 0 amide bonds. The van der Waals surface area contributed by atoms with Crippen LogP contribution in [0.3, 0.4) is 0 Å². The molecule has 0 saturated carbocycles. The van der Waals surface area contributed by atoms with Crippen molar-refractivity contribution in [2.75, 3.05) is 13.2 Å². The quantitative estimate of drug-likeness (QED) is 0.564. The molecule has 0 fully saturated rings. The smallest absolute Gasteiger partial charge is 0.175 e. The molecule has 0 bridgehead atoms. The first-order valence-corrected chi connectivity index (χ1v) is 8.61. The van der Waals surface area contributed by atoms with Crippen LogP contribution in [0.25, 0.3) is 0 Å². The van der Waals surface area contributed by atoms with Crippen molar-refractivity contribution in [2.45, 2.75) is 20.8 Å². The second-order valence-corrected chi connectivity index (χ2v) is 6.18. The Hall–Kier alpha value is -1.52. The van der Waals surface area contributed by atoms with Gasteiger partial charge < -0.3 is 9.47 Å². The van der Waals surface area contributed by atoms with Gasteiger partial charge in [0.15, 0.2) is 11.5 Å². The van der Waals surface area contributed by atoms with Gasteiger partial charge in [-0.3, -0.25) is 4.99 Å². The van der Waals surface area contributed by atoms with E-state index in [0.717, 1.165) is 21.3 Å². The molecule has 0 spiro atoms. The molecule has 0 aliphatic rings. The minimum atomic E-state index is 0.570. The van der Waals surface area contributed by atoms with Crippen LogP contribution in [0.4, 0.5) is 5.69 Å². The first-order chi connectivity index (χ1) is 11.0.